The molecule has 0 aromatic heterocycles. The zero-order chi connectivity index (χ0) is 20.9. The molecule has 3 amide bonds. The number of benzene rings is 2. The molecule has 2 fully saturated rings. The average Bonchev–Trinajstić information content (AvgIpc) is 3.17. The molecule has 0 radical (unpaired) electrons. The molecule has 1 aliphatic heterocycles. The first kappa shape index (κ1) is 20.1. The van der Waals surface area contributed by atoms with E-state index in [9.17, 15) is 14.4 Å². The fraction of sp³-hybridized carbons (Fsp3) is 0.375. The maximum atomic E-state index is 12.9. The van der Waals surface area contributed by atoms with Gasteiger partial charge in [-0.25, -0.2) is 0 Å². The zero-order valence-corrected chi connectivity index (χ0v) is 17.0. The lowest BCUT2D eigenvalue weighted by Gasteiger charge is -2.23. The SMILES string of the molecule is O=C(NC1CCCCC1)c1ccccc1NC(=O)[C@@H]1CC(=O)N(c2ccccc2)C1. The van der Waals surface area contributed by atoms with Gasteiger partial charge in [0.15, 0.2) is 0 Å². The highest BCUT2D eigenvalue weighted by Gasteiger charge is 2.35. The molecule has 2 aliphatic rings. The molecule has 2 N–H and O–H groups in total. The summed E-state index contributed by atoms with van der Waals surface area (Å²) in [5.41, 5.74) is 1.74. The van der Waals surface area contributed by atoms with Gasteiger partial charge in [-0.15, -0.1) is 0 Å². The first-order valence-electron chi connectivity index (χ1n) is 10.7. The van der Waals surface area contributed by atoms with Gasteiger partial charge >= 0.3 is 0 Å². The summed E-state index contributed by atoms with van der Waals surface area (Å²) in [6.45, 7) is 0.338. The lowest BCUT2D eigenvalue weighted by Crippen LogP contribution is -2.36. The Bertz CT molecular complexity index is 922. The van der Waals surface area contributed by atoms with Crippen molar-refractivity contribution in [3.63, 3.8) is 0 Å². The van der Waals surface area contributed by atoms with Crippen LogP contribution in [0.3, 0.4) is 0 Å². The molecule has 0 unspecified atom stereocenters. The Balaban J connectivity index is 1.42. The molecule has 4 rings (SSSR count). The van der Waals surface area contributed by atoms with Crippen LogP contribution in [0.1, 0.15) is 48.9 Å². The number of rotatable bonds is 5. The van der Waals surface area contributed by atoms with Crippen molar-refractivity contribution in [1.29, 1.82) is 0 Å². The molecule has 156 valence electrons. The molecule has 2 aromatic carbocycles. The summed E-state index contributed by atoms with van der Waals surface area (Å²) in [5.74, 6) is -0.914. The number of hydrogen-bond donors (Lipinski definition) is 2. The molecule has 1 saturated carbocycles. The molecule has 1 atom stereocenters. The molecule has 6 nitrogen and oxygen atoms in total. The number of anilines is 2. The summed E-state index contributed by atoms with van der Waals surface area (Å²) in [6, 6.07) is 16.6. The van der Waals surface area contributed by atoms with Gasteiger partial charge in [-0.05, 0) is 37.1 Å². The fourth-order valence-electron chi connectivity index (χ4n) is 4.28. The van der Waals surface area contributed by atoms with E-state index < -0.39 is 5.92 Å². The predicted molar refractivity (Wildman–Crippen MR) is 116 cm³/mol. The van der Waals surface area contributed by atoms with Crippen molar-refractivity contribution in [3.8, 4) is 0 Å². The van der Waals surface area contributed by atoms with E-state index in [0.717, 1.165) is 31.4 Å². The van der Waals surface area contributed by atoms with Gasteiger partial charge in [0.2, 0.25) is 11.8 Å². The van der Waals surface area contributed by atoms with Crippen molar-refractivity contribution >= 4 is 29.1 Å². The van der Waals surface area contributed by atoms with E-state index in [4.69, 9.17) is 0 Å². The number of para-hydroxylation sites is 2. The molecule has 1 saturated heterocycles. The number of carbonyl (C=O) groups excluding carboxylic acids is 3. The normalized spacial score (nSPS) is 19.5. The van der Waals surface area contributed by atoms with Crippen LogP contribution >= 0.6 is 0 Å². The van der Waals surface area contributed by atoms with E-state index in [0.29, 0.717) is 17.8 Å². The minimum atomic E-state index is -0.452. The highest BCUT2D eigenvalue weighted by molar-refractivity contribution is 6.07. The third-order valence-corrected chi connectivity index (χ3v) is 5.93. The Morgan fingerprint density at radius 2 is 1.60 bits per heavy atom. The second kappa shape index (κ2) is 9.11. The minimum absolute atomic E-state index is 0.0651. The molecule has 30 heavy (non-hydrogen) atoms. The van der Waals surface area contributed by atoms with Gasteiger partial charge in [0.05, 0.1) is 17.2 Å². The molecule has 1 aliphatic carbocycles. The summed E-state index contributed by atoms with van der Waals surface area (Å²) in [7, 11) is 0. The second-order valence-electron chi connectivity index (χ2n) is 8.08. The molecule has 6 heteroatoms. The quantitative estimate of drug-likeness (QED) is 0.795. The van der Waals surface area contributed by atoms with Crippen LogP contribution in [0.5, 0.6) is 0 Å². The van der Waals surface area contributed by atoms with E-state index in [1.54, 1.807) is 29.2 Å². The van der Waals surface area contributed by atoms with Crippen LogP contribution in [-0.2, 0) is 9.59 Å². The number of hydrogen-bond acceptors (Lipinski definition) is 3. The van der Waals surface area contributed by atoms with E-state index in [1.807, 2.05) is 30.3 Å². The van der Waals surface area contributed by atoms with Crippen molar-refractivity contribution in [2.75, 3.05) is 16.8 Å². The van der Waals surface area contributed by atoms with E-state index >= 15 is 0 Å². The molecule has 1 heterocycles. The Kier molecular flexibility index (Phi) is 6.12. The van der Waals surface area contributed by atoms with Crippen molar-refractivity contribution in [2.24, 2.45) is 5.92 Å². The highest BCUT2D eigenvalue weighted by atomic mass is 16.2. The van der Waals surface area contributed by atoms with Gasteiger partial charge < -0.3 is 15.5 Å². The summed E-state index contributed by atoms with van der Waals surface area (Å²) in [6.07, 6.45) is 5.66. The molecular formula is C24H27N3O3. The standard InChI is InChI=1S/C24H27N3O3/c28-22-15-17(16-27(22)19-11-5-2-6-12-19)23(29)26-21-14-8-7-13-20(21)24(30)25-18-9-3-1-4-10-18/h2,5-8,11-14,17-18H,1,3-4,9-10,15-16H2,(H,25,30)(H,26,29)/t17-/m1/s1. The topological polar surface area (TPSA) is 78.5 Å². The fourth-order valence-corrected chi connectivity index (χ4v) is 4.28. The lowest BCUT2D eigenvalue weighted by molar-refractivity contribution is -0.122. The largest absolute Gasteiger partial charge is 0.349 e. The van der Waals surface area contributed by atoms with E-state index in [2.05, 4.69) is 10.6 Å². The van der Waals surface area contributed by atoms with Crippen molar-refractivity contribution in [2.45, 2.75) is 44.6 Å². The summed E-state index contributed by atoms with van der Waals surface area (Å²) in [5, 5.41) is 5.99. The Labute approximate surface area is 176 Å². The summed E-state index contributed by atoms with van der Waals surface area (Å²) < 4.78 is 0. The van der Waals surface area contributed by atoms with Crippen molar-refractivity contribution < 1.29 is 14.4 Å². The van der Waals surface area contributed by atoms with Crippen molar-refractivity contribution in [1.82, 2.24) is 5.32 Å². The van der Waals surface area contributed by atoms with Crippen LogP contribution in [0.2, 0.25) is 0 Å². The number of carbonyl (C=O) groups is 3. The summed E-state index contributed by atoms with van der Waals surface area (Å²) >= 11 is 0. The number of nitrogens with one attached hydrogen (secondary N) is 2. The Hall–Kier alpha value is -3.15. The second-order valence-corrected chi connectivity index (χ2v) is 8.08. The first-order valence-corrected chi connectivity index (χ1v) is 10.7. The van der Waals surface area contributed by atoms with Crippen LogP contribution in [0.15, 0.2) is 54.6 Å². The van der Waals surface area contributed by atoms with E-state index in [1.165, 1.54) is 6.42 Å². The molecule has 2 aromatic rings. The van der Waals surface area contributed by atoms with Crippen LogP contribution in [-0.4, -0.2) is 30.3 Å². The maximum absolute atomic E-state index is 12.9. The van der Waals surface area contributed by atoms with Crippen LogP contribution in [0.25, 0.3) is 0 Å². The summed E-state index contributed by atoms with van der Waals surface area (Å²) in [4.78, 5) is 39.7. The third kappa shape index (κ3) is 4.53. The average molecular weight is 405 g/mol. The van der Waals surface area contributed by atoms with Gasteiger partial charge in [0, 0.05) is 24.7 Å². The minimum Gasteiger partial charge on any atom is -0.349 e. The van der Waals surface area contributed by atoms with Gasteiger partial charge in [0.25, 0.3) is 5.91 Å². The van der Waals surface area contributed by atoms with Crippen LogP contribution < -0.4 is 15.5 Å². The molecular weight excluding hydrogens is 378 g/mol. The Morgan fingerprint density at radius 3 is 2.37 bits per heavy atom. The van der Waals surface area contributed by atoms with Crippen LogP contribution in [0.4, 0.5) is 11.4 Å². The van der Waals surface area contributed by atoms with Crippen LogP contribution in [0, 0.1) is 5.92 Å². The Morgan fingerprint density at radius 1 is 0.900 bits per heavy atom. The van der Waals surface area contributed by atoms with Gasteiger partial charge in [0.1, 0.15) is 0 Å². The lowest BCUT2D eigenvalue weighted by atomic mass is 9.95. The smallest absolute Gasteiger partial charge is 0.253 e. The van der Waals surface area contributed by atoms with Gasteiger partial charge in [-0.3, -0.25) is 14.4 Å². The molecule has 0 spiro atoms. The van der Waals surface area contributed by atoms with E-state index in [-0.39, 0.29) is 30.2 Å². The zero-order valence-electron chi connectivity index (χ0n) is 17.0. The number of nitrogens with zero attached hydrogens (tertiary/aromatic N) is 1. The monoisotopic (exact) mass is 405 g/mol. The highest BCUT2D eigenvalue weighted by Crippen LogP contribution is 2.26. The third-order valence-electron chi connectivity index (χ3n) is 5.93. The number of amides is 3. The maximum Gasteiger partial charge on any atom is 0.253 e. The van der Waals surface area contributed by atoms with Gasteiger partial charge in [-0.2, -0.15) is 0 Å². The predicted octanol–water partition coefficient (Wildman–Crippen LogP) is 3.74. The van der Waals surface area contributed by atoms with Crippen molar-refractivity contribution in [3.05, 3.63) is 60.2 Å². The van der Waals surface area contributed by atoms with Gasteiger partial charge in [-0.1, -0.05) is 49.6 Å². The molecule has 0 bridgehead atoms. The first-order chi connectivity index (χ1) is 14.6.